The highest BCUT2D eigenvalue weighted by atomic mass is 35.5. The number of hydrogen-bond donors (Lipinski definition) is 2. The van der Waals surface area contributed by atoms with E-state index in [9.17, 15) is 18.8 Å². The van der Waals surface area contributed by atoms with Crippen molar-refractivity contribution < 1.29 is 23.9 Å². The Morgan fingerprint density at radius 2 is 1.67 bits per heavy atom. The Kier molecular flexibility index (Phi) is 7.34. The Hall–Kier alpha value is -2.06. The van der Waals surface area contributed by atoms with Crippen LogP contribution in [0, 0.1) is 17.8 Å². The Balaban J connectivity index is 1.38. The van der Waals surface area contributed by atoms with E-state index >= 15 is 0 Å². The molecule has 2 saturated heterocycles. The molecule has 33 heavy (non-hydrogen) atoms. The number of carbonyl (C=O) groups is 3. The standard InChI is InChI=1S/C23H28Cl2FN3O4/c24-19-2-1-14(9-20(19)25)18-12-29(11-16(18)10-27-23(32)33)21(30)13-3-5-28(6-4-13)22(31)15-7-17(26)8-15/h1-2,9,13,15-18,27H,3-8,10-12H2,(H,32,33)/t15?,16-,17?,18-/m0/s1. The summed E-state index contributed by atoms with van der Waals surface area (Å²) >= 11 is 12.2. The molecule has 3 amide bonds. The lowest BCUT2D eigenvalue weighted by Gasteiger charge is -2.38. The summed E-state index contributed by atoms with van der Waals surface area (Å²) in [4.78, 5) is 40.4. The van der Waals surface area contributed by atoms with Crippen LogP contribution in [-0.2, 0) is 9.59 Å². The van der Waals surface area contributed by atoms with Crippen molar-refractivity contribution in [3.63, 3.8) is 0 Å². The second-order valence-electron chi connectivity index (χ2n) is 9.33. The van der Waals surface area contributed by atoms with Gasteiger partial charge >= 0.3 is 6.09 Å². The molecule has 1 aromatic rings. The highest BCUT2D eigenvalue weighted by Crippen LogP contribution is 2.37. The van der Waals surface area contributed by atoms with E-state index in [1.807, 2.05) is 11.0 Å². The minimum absolute atomic E-state index is 0.00969. The van der Waals surface area contributed by atoms with Gasteiger partial charge in [-0.2, -0.15) is 0 Å². The van der Waals surface area contributed by atoms with Gasteiger partial charge in [0.25, 0.3) is 0 Å². The van der Waals surface area contributed by atoms with Crippen molar-refractivity contribution in [1.82, 2.24) is 15.1 Å². The fourth-order valence-corrected chi connectivity index (χ4v) is 5.52. The van der Waals surface area contributed by atoms with Crippen LogP contribution < -0.4 is 5.32 Å². The van der Waals surface area contributed by atoms with Gasteiger partial charge in [0.15, 0.2) is 0 Å². The van der Waals surface area contributed by atoms with Crippen LogP contribution in [0.25, 0.3) is 0 Å². The summed E-state index contributed by atoms with van der Waals surface area (Å²) in [5, 5.41) is 12.4. The fraction of sp³-hybridized carbons (Fsp3) is 0.609. The molecule has 0 spiro atoms. The van der Waals surface area contributed by atoms with Crippen molar-refractivity contribution in [2.24, 2.45) is 17.8 Å². The number of nitrogens with one attached hydrogen (secondary N) is 1. The van der Waals surface area contributed by atoms with Gasteiger partial charge in [0.1, 0.15) is 6.17 Å². The zero-order valence-corrected chi connectivity index (χ0v) is 19.7. The average molecular weight is 500 g/mol. The Morgan fingerprint density at radius 1 is 1.00 bits per heavy atom. The molecule has 3 aliphatic rings. The Bertz CT molecular complexity index is 919. The summed E-state index contributed by atoms with van der Waals surface area (Å²) in [7, 11) is 0. The van der Waals surface area contributed by atoms with Gasteiger partial charge in [0.2, 0.25) is 11.8 Å². The minimum Gasteiger partial charge on any atom is -0.465 e. The number of likely N-dealkylation sites (tertiary alicyclic amines) is 2. The smallest absolute Gasteiger partial charge is 0.404 e. The van der Waals surface area contributed by atoms with Crippen molar-refractivity contribution >= 4 is 41.1 Å². The van der Waals surface area contributed by atoms with Gasteiger partial charge in [0.05, 0.1) is 10.0 Å². The number of carboxylic acid groups (broad SMARTS) is 1. The van der Waals surface area contributed by atoms with Crippen LogP contribution in [0.15, 0.2) is 18.2 Å². The van der Waals surface area contributed by atoms with E-state index in [4.69, 9.17) is 28.3 Å². The molecule has 0 bridgehead atoms. The summed E-state index contributed by atoms with van der Waals surface area (Å²) in [5.74, 6) is -0.487. The molecule has 2 N–H and O–H groups in total. The molecule has 180 valence electrons. The van der Waals surface area contributed by atoms with Gasteiger partial charge < -0.3 is 20.2 Å². The molecule has 7 nitrogen and oxygen atoms in total. The van der Waals surface area contributed by atoms with E-state index in [-0.39, 0.29) is 42.0 Å². The monoisotopic (exact) mass is 499 g/mol. The van der Waals surface area contributed by atoms with Crippen LogP contribution in [0.3, 0.4) is 0 Å². The third-order valence-corrected chi connectivity index (χ3v) is 7.96. The molecule has 10 heteroatoms. The molecule has 2 atom stereocenters. The number of hydrogen-bond acceptors (Lipinski definition) is 3. The first-order chi connectivity index (χ1) is 15.7. The molecule has 1 aliphatic carbocycles. The third kappa shape index (κ3) is 5.38. The Labute approximate surface area is 202 Å². The maximum atomic E-state index is 13.3. The van der Waals surface area contributed by atoms with Crippen molar-refractivity contribution in [3.05, 3.63) is 33.8 Å². The third-order valence-electron chi connectivity index (χ3n) is 7.23. The van der Waals surface area contributed by atoms with E-state index in [0.717, 1.165) is 5.56 Å². The van der Waals surface area contributed by atoms with Crippen LogP contribution in [-0.4, -0.2) is 71.7 Å². The zero-order valence-electron chi connectivity index (χ0n) is 18.2. The molecule has 2 heterocycles. The molecule has 3 fully saturated rings. The van der Waals surface area contributed by atoms with E-state index in [1.54, 1.807) is 17.0 Å². The topological polar surface area (TPSA) is 89.9 Å². The van der Waals surface area contributed by atoms with Crippen LogP contribution in [0.5, 0.6) is 0 Å². The van der Waals surface area contributed by atoms with E-state index in [1.165, 1.54) is 0 Å². The number of piperidine rings is 1. The summed E-state index contributed by atoms with van der Waals surface area (Å²) < 4.78 is 13.1. The lowest BCUT2D eigenvalue weighted by atomic mass is 9.82. The first-order valence-corrected chi connectivity index (χ1v) is 12.1. The maximum Gasteiger partial charge on any atom is 0.404 e. The minimum atomic E-state index is -1.10. The molecule has 1 saturated carbocycles. The highest BCUT2D eigenvalue weighted by molar-refractivity contribution is 6.42. The van der Waals surface area contributed by atoms with Crippen molar-refractivity contribution in [1.29, 1.82) is 0 Å². The molecule has 2 aliphatic heterocycles. The number of carbonyl (C=O) groups excluding carboxylic acids is 2. The van der Waals surface area contributed by atoms with Gasteiger partial charge in [-0.3, -0.25) is 9.59 Å². The van der Waals surface area contributed by atoms with Crippen molar-refractivity contribution in [2.45, 2.75) is 37.8 Å². The molecule has 0 radical (unpaired) electrons. The molecular weight excluding hydrogens is 472 g/mol. The molecule has 1 aromatic carbocycles. The van der Waals surface area contributed by atoms with E-state index < -0.39 is 12.3 Å². The lowest BCUT2D eigenvalue weighted by Crippen LogP contribution is -2.48. The van der Waals surface area contributed by atoms with E-state index in [0.29, 0.717) is 61.9 Å². The summed E-state index contributed by atoms with van der Waals surface area (Å²) in [6.07, 6.45) is -0.166. The van der Waals surface area contributed by atoms with Gasteiger partial charge in [-0.1, -0.05) is 29.3 Å². The van der Waals surface area contributed by atoms with Gasteiger partial charge in [-0.05, 0) is 43.4 Å². The number of amides is 3. The summed E-state index contributed by atoms with van der Waals surface area (Å²) in [5.41, 5.74) is 0.920. The largest absolute Gasteiger partial charge is 0.465 e. The van der Waals surface area contributed by atoms with Gasteiger partial charge in [0, 0.05) is 56.4 Å². The second-order valence-corrected chi connectivity index (χ2v) is 10.1. The molecule has 0 aromatic heterocycles. The number of alkyl halides is 1. The maximum absolute atomic E-state index is 13.3. The summed E-state index contributed by atoms with van der Waals surface area (Å²) in [6.45, 7) is 2.17. The predicted octanol–water partition coefficient (Wildman–Crippen LogP) is 3.79. The van der Waals surface area contributed by atoms with Crippen LogP contribution in [0.2, 0.25) is 10.0 Å². The highest BCUT2D eigenvalue weighted by Gasteiger charge is 2.41. The van der Waals surface area contributed by atoms with Crippen LogP contribution >= 0.6 is 23.2 Å². The zero-order chi connectivity index (χ0) is 23.7. The molecule has 0 unspecified atom stereocenters. The fourth-order valence-electron chi connectivity index (χ4n) is 5.21. The SMILES string of the molecule is O=C(O)NC[C@H]1CN(C(=O)C2CCN(C(=O)C3CC(F)C3)CC2)C[C@H]1c1ccc(Cl)c(Cl)c1. The van der Waals surface area contributed by atoms with Crippen molar-refractivity contribution in [3.8, 4) is 0 Å². The number of nitrogens with zero attached hydrogens (tertiary/aromatic N) is 2. The van der Waals surface area contributed by atoms with E-state index in [2.05, 4.69) is 5.32 Å². The first kappa shape index (κ1) is 24.1. The number of halogens is 3. The number of benzene rings is 1. The predicted molar refractivity (Wildman–Crippen MR) is 122 cm³/mol. The van der Waals surface area contributed by atoms with Crippen LogP contribution in [0.1, 0.15) is 37.2 Å². The lowest BCUT2D eigenvalue weighted by molar-refractivity contribution is -0.145. The number of rotatable bonds is 5. The molecule has 4 rings (SSSR count). The summed E-state index contributed by atoms with van der Waals surface area (Å²) in [6, 6.07) is 5.36. The van der Waals surface area contributed by atoms with Gasteiger partial charge in [-0.15, -0.1) is 0 Å². The van der Waals surface area contributed by atoms with Crippen molar-refractivity contribution in [2.75, 3.05) is 32.7 Å². The Morgan fingerprint density at radius 3 is 2.27 bits per heavy atom. The average Bonchev–Trinajstić information content (AvgIpc) is 3.21. The van der Waals surface area contributed by atoms with Gasteiger partial charge in [-0.25, -0.2) is 9.18 Å². The first-order valence-electron chi connectivity index (χ1n) is 11.4. The second kappa shape index (κ2) is 10.1. The normalized spacial score (nSPS) is 27.8. The quantitative estimate of drug-likeness (QED) is 0.644. The van der Waals surface area contributed by atoms with Crippen LogP contribution in [0.4, 0.5) is 9.18 Å². The molecular formula is C23H28Cl2FN3O4.